The van der Waals surface area contributed by atoms with E-state index in [0.29, 0.717) is 0 Å². The molecule has 0 amide bonds. The van der Waals surface area contributed by atoms with E-state index in [1.165, 1.54) is 0 Å². The van der Waals surface area contributed by atoms with Crippen LogP contribution in [0.15, 0.2) is 40.9 Å². The van der Waals surface area contributed by atoms with Gasteiger partial charge in [0.15, 0.2) is 17.5 Å². The summed E-state index contributed by atoms with van der Waals surface area (Å²) in [6.45, 7) is 1.85. The van der Waals surface area contributed by atoms with Gasteiger partial charge in [-0.2, -0.15) is 0 Å². The maximum atomic E-state index is 13.1. The fourth-order valence-corrected chi connectivity index (χ4v) is 1.99. The Morgan fingerprint density at radius 2 is 1.53 bits per heavy atom. The van der Waals surface area contributed by atoms with E-state index >= 15 is 0 Å². The highest BCUT2D eigenvalue weighted by molar-refractivity contribution is 9.10. The Balaban J connectivity index is 2.19. The number of anilines is 1. The summed E-state index contributed by atoms with van der Waals surface area (Å²) >= 11 is 3.33. The molecule has 2 aromatic rings. The normalized spacial score (nSPS) is 12.3. The van der Waals surface area contributed by atoms with Crippen LogP contribution in [0.25, 0.3) is 0 Å². The molecule has 0 heterocycles. The van der Waals surface area contributed by atoms with Gasteiger partial charge in [-0.05, 0) is 24.6 Å². The summed E-state index contributed by atoms with van der Waals surface area (Å²) in [6.07, 6.45) is 0. The predicted octanol–water partition coefficient (Wildman–Crippen LogP) is 5.04. The minimum Gasteiger partial charge on any atom is -0.378 e. The predicted molar refractivity (Wildman–Crippen MR) is 72.5 cm³/mol. The lowest BCUT2D eigenvalue weighted by Gasteiger charge is -2.16. The molecule has 0 aromatic heterocycles. The fraction of sp³-hybridized carbons (Fsp3) is 0.143. The van der Waals surface area contributed by atoms with Crippen molar-refractivity contribution in [3.8, 4) is 0 Å². The van der Waals surface area contributed by atoms with E-state index in [1.807, 2.05) is 31.2 Å². The zero-order valence-corrected chi connectivity index (χ0v) is 11.6. The van der Waals surface area contributed by atoms with Crippen molar-refractivity contribution in [1.82, 2.24) is 0 Å². The Kier molecular flexibility index (Phi) is 4.14. The van der Waals surface area contributed by atoms with Crippen molar-refractivity contribution < 1.29 is 13.2 Å². The van der Waals surface area contributed by atoms with Crippen molar-refractivity contribution in [3.63, 3.8) is 0 Å². The van der Waals surface area contributed by atoms with Gasteiger partial charge in [-0.1, -0.05) is 28.1 Å². The first-order chi connectivity index (χ1) is 8.97. The molecule has 0 aliphatic heterocycles. The van der Waals surface area contributed by atoms with Crippen molar-refractivity contribution in [2.75, 3.05) is 5.32 Å². The highest BCUT2D eigenvalue weighted by Crippen LogP contribution is 2.23. The first-order valence-electron chi connectivity index (χ1n) is 5.64. The molecule has 2 rings (SSSR count). The van der Waals surface area contributed by atoms with Crippen molar-refractivity contribution >= 4 is 21.6 Å². The molecule has 0 aliphatic carbocycles. The van der Waals surface area contributed by atoms with E-state index in [9.17, 15) is 13.2 Å². The van der Waals surface area contributed by atoms with E-state index in [4.69, 9.17) is 0 Å². The van der Waals surface area contributed by atoms with Crippen LogP contribution in [0.4, 0.5) is 18.9 Å². The van der Waals surface area contributed by atoms with E-state index in [2.05, 4.69) is 21.2 Å². The van der Waals surface area contributed by atoms with Gasteiger partial charge in [0.2, 0.25) is 0 Å². The van der Waals surface area contributed by atoms with Gasteiger partial charge >= 0.3 is 0 Å². The second kappa shape index (κ2) is 5.65. The molecular weight excluding hydrogens is 319 g/mol. The molecule has 0 saturated carbocycles. The maximum absolute atomic E-state index is 13.1. The van der Waals surface area contributed by atoms with Crippen LogP contribution in [-0.4, -0.2) is 0 Å². The van der Waals surface area contributed by atoms with Crippen molar-refractivity contribution in [3.05, 3.63) is 63.9 Å². The van der Waals surface area contributed by atoms with Crippen LogP contribution in [0.5, 0.6) is 0 Å². The molecule has 100 valence electrons. The molecule has 0 fully saturated rings. The third-order valence-electron chi connectivity index (χ3n) is 2.74. The lowest BCUT2D eigenvalue weighted by Crippen LogP contribution is -2.07. The summed E-state index contributed by atoms with van der Waals surface area (Å²) in [6, 6.07) is 9.24. The van der Waals surface area contributed by atoms with Crippen LogP contribution < -0.4 is 5.32 Å². The Bertz CT molecular complexity index is 561. The second-order valence-corrected chi connectivity index (χ2v) is 5.09. The van der Waals surface area contributed by atoms with E-state index in [0.717, 1.165) is 22.2 Å². The van der Waals surface area contributed by atoms with Gasteiger partial charge in [0, 0.05) is 28.3 Å². The maximum Gasteiger partial charge on any atom is 0.194 e. The first-order valence-corrected chi connectivity index (χ1v) is 6.43. The summed E-state index contributed by atoms with van der Waals surface area (Å²) in [5.41, 5.74) is 1.15. The molecule has 5 heteroatoms. The number of rotatable bonds is 3. The molecule has 0 spiro atoms. The SMILES string of the molecule is CC(Nc1cc(F)c(F)c(F)c1)c1ccc(Br)cc1. The monoisotopic (exact) mass is 329 g/mol. The van der Waals surface area contributed by atoms with Gasteiger partial charge in [-0.15, -0.1) is 0 Å². The number of hydrogen-bond acceptors (Lipinski definition) is 1. The third kappa shape index (κ3) is 3.29. The number of hydrogen-bond donors (Lipinski definition) is 1. The molecular formula is C14H11BrF3N. The summed E-state index contributed by atoms with van der Waals surface area (Å²) < 4.78 is 39.9. The van der Waals surface area contributed by atoms with Crippen molar-refractivity contribution in [2.45, 2.75) is 13.0 Å². The smallest absolute Gasteiger partial charge is 0.194 e. The van der Waals surface area contributed by atoms with E-state index in [1.54, 1.807) is 0 Å². The molecule has 1 unspecified atom stereocenters. The summed E-state index contributed by atoms with van der Waals surface area (Å²) in [7, 11) is 0. The highest BCUT2D eigenvalue weighted by atomic mass is 79.9. The Morgan fingerprint density at radius 1 is 1.00 bits per heavy atom. The third-order valence-corrected chi connectivity index (χ3v) is 3.27. The van der Waals surface area contributed by atoms with E-state index in [-0.39, 0.29) is 11.7 Å². The summed E-state index contributed by atoms with van der Waals surface area (Å²) in [5, 5.41) is 2.92. The molecule has 0 bridgehead atoms. The minimum absolute atomic E-state index is 0.155. The van der Waals surface area contributed by atoms with Crippen LogP contribution in [-0.2, 0) is 0 Å². The largest absolute Gasteiger partial charge is 0.378 e. The van der Waals surface area contributed by atoms with Crippen LogP contribution in [0.1, 0.15) is 18.5 Å². The standard InChI is InChI=1S/C14H11BrF3N/c1-8(9-2-4-10(15)5-3-9)19-11-6-12(16)14(18)13(17)7-11/h2-8,19H,1H3. The van der Waals surface area contributed by atoms with Gasteiger partial charge in [0.05, 0.1) is 0 Å². The quantitative estimate of drug-likeness (QED) is 0.778. The van der Waals surface area contributed by atoms with Crippen LogP contribution >= 0.6 is 15.9 Å². The van der Waals surface area contributed by atoms with Crippen LogP contribution in [0, 0.1) is 17.5 Å². The zero-order valence-electron chi connectivity index (χ0n) is 10.1. The molecule has 19 heavy (non-hydrogen) atoms. The minimum atomic E-state index is -1.46. The Morgan fingerprint density at radius 3 is 2.05 bits per heavy atom. The molecule has 1 atom stereocenters. The molecule has 0 radical (unpaired) electrons. The summed E-state index contributed by atoms with van der Waals surface area (Å²) in [5.74, 6) is -3.86. The van der Waals surface area contributed by atoms with Gasteiger partial charge in [0.25, 0.3) is 0 Å². The number of benzene rings is 2. The average molecular weight is 330 g/mol. The molecule has 0 aliphatic rings. The van der Waals surface area contributed by atoms with Gasteiger partial charge in [0.1, 0.15) is 0 Å². The van der Waals surface area contributed by atoms with Gasteiger partial charge < -0.3 is 5.32 Å². The number of nitrogens with one attached hydrogen (secondary N) is 1. The molecule has 1 nitrogen and oxygen atoms in total. The topological polar surface area (TPSA) is 12.0 Å². The average Bonchev–Trinajstić information content (AvgIpc) is 2.36. The molecule has 0 saturated heterocycles. The van der Waals surface area contributed by atoms with Gasteiger partial charge in [-0.3, -0.25) is 0 Å². The lowest BCUT2D eigenvalue weighted by molar-refractivity contribution is 0.447. The highest BCUT2D eigenvalue weighted by Gasteiger charge is 2.12. The van der Waals surface area contributed by atoms with Crippen molar-refractivity contribution in [1.29, 1.82) is 0 Å². The van der Waals surface area contributed by atoms with Crippen LogP contribution in [0.3, 0.4) is 0 Å². The lowest BCUT2D eigenvalue weighted by atomic mass is 10.1. The molecule has 2 aromatic carbocycles. The second-order valence-electron chi connectivity index (χ2n) is 4.17. The number of halogens is 4. The Labute approximate surface area is 117 Å². The Hall–Kier alpha value is -1.49. The first kappa shape index (κ1) is 13.9. The van der Waals surface area contributed by atoms with Crippen molar-refractivity contribution in [2.24, 2.45) is 0 Å². The van der Waals surface area contributed by atoms with Gasteiger partial charge in [-0.25, -0.2) is 13.2 Å². The van der Waals surface area contributed by atoms with Crippen LogP contribution in [0.2, 0.25) is 0 Å². The fourth-order valence-electron chi connectivity index (χ4n) is 1.72. The zero-order chi connectivity index (χ0) is 14.0. The molecule has 1 N–H and O–H groups in total. The summed E-state index contributed by atoms with van der Waals surface area (Å²) in [4.78, 5) is 0. The van der Waals surface area contributed by atoms with E-state index < -0.39 is 17.5 Å².